The van der Waals surface area contributed by atoms with Gasteiger partial charge in [-0.15, -0.1) is 0 Å². The van der Waals surface area contributed by atoms with E-state index in [-0.39, 0.29) is 5.91 Å². The van der Waals surface area contributed by atoms with Crippen LogP contribution in [0.3, 0.4) is 0 Å². The maximum Gasteiger partial charge on any atom is 0.221 e. The van der Waals surface area contributed by atoms with Gasteiger partial charge in [-0.1, -0.05) is 6.07 Å². The van der Waals surface area contributed by atoms with E-state index in [1.807, 2.05) is 6.07 Å². The molecule has 0 spiro atoms. The van der Waals surface area contributed by atoms with Gasteiger partial charge in [0.05, 0.1) is 16.9 Å². The van der Waals surface area contributed by atoms with E-state index in [9.17, 15) is 4.79 Å². The normalized spacial score (nSPS) is 9.25. The molecule has 0 radical (unpaired) electrons. The van der Waals surface area contributed by atoms with Crippen LogP contribution in [-0.2, 0) is 4.79 Å². The van der Waals surface area contributed by atoms with Gasteiger partial charge in [0.15, 0.2) is 0 Å². The SMILES string of the molecule is CNC(=O)CCNc1cccc(C#N)c1N. The van der Waals surface area contributed by atoms with E-state index in [1.54, 1.807) is 25.2 Å². The molecule has 0 saturated carbocycles. The lowest BCUT2D eigenvalue weighted by molar-refractivity contribution is -0.120. The van der Waals surface area contributed by atoms with Gasteiger partial charge in [0.25, 0.3) is 0 Å². The molecular weight excluding hydrogens is 204 g/mol. The van der Waals surface area contributed by atoms with Crippen molar-refractivity contribution < 1.29 is 4.79 Å². The Morgan fingerprint density at radius 3 is 2.94 bits per heavy atom. The van der Waals surface area contributed by atoms with Gasteiger partial charge in [0.2, 0.25) is 5.91 Å². The summed E-state index contributed by atoms with van der Waals surface area (Å²) in [6.07, 6.45) is 0.368. The van der Waals surface area contributed by atoms with Crippen molar-refractivity contribution in [3.63, 3.8) is 0 Å². The van der Waals surface area contributed by atoms with E-state index in [1.165, 1.54) is 0 Å². The minimum atomic E-state index is -0.0393. The van der Waals surface area contributed by atoms with E-state index in [0.717, 1.165) is 0 Å². The van der Waals surface area contributed by atoms with Crippen LogP contribution in [0.25, 0.3) is 0 Å². The number of nitrogens with two attached hydrogens (primary N) is 1. The van der Waals surface area contributed by atoms with Crippen molar-refractivity contribution in [2.24, 2.45) is 0 Å². The first-order chi connectivity index (χ1) is 7.69. The van der Waals surface area contributed by atoms with Gasteiger partial charge in [0, 0.05) is 20.0 Å². The molecule has 1 amide bonds. The predicted molar refractivity (Wildman–Crippen MR) is 62.7 cm³/mol. The van der Waals surface area contributed by atoms with Crippen LogP contribution in [0.4, 0.5) is 11.4 Å². The molecule has 4 N–H and O–H groups in total. The molecule has 0 aliphatic heterocycles. The summed E-state index contributed by atoms with van der Waals surface area (Å²) in [5.74, 6) is -0.0393. The van der Waals surface area contributed by atoms with Gasteiger partial charge < -0.3 is 16.4 Å². The molecule has 0 heterocycles. The number of para-hydroxylation sites is 1. The van der Waals surface area contributed by atoms with Crippen LogP contribution in [-0.4, -0.2) is 19.5 Å². The van der Waals surface area contributed by atoms with Crippen LogP contribution in [0.5, 0.6) is 0 Å². The molecule has 16 heavy (non-hydrogen) atoms. The second kappa shape index (κ2) is 5.61. The molecule has 0 unspecified atom stereocenters. The summed E-state index contributed by atoms with van der Waals surface area (Å²) in [5.41, 5.74) is 7.29. The first-order valence-electron chi connectivity index (χ1n) is 4.92. The van der Waals surface area contributed by atoms with Gasteiger partial charge in [-0.25, -0.2) is 0 Å². The van der Waals surface area contributed by atoms with Crippen molar-refractivity contribution in [3.05, 3.63) is 23.8 Å². The number of rotatable bonds is 4. The number of nitriles is 1. The Kier molecular flexibility index (Phi) is 4.16. The number of amides is 1. The Hall–Kier alpha value is -2.22. The van der Waals surface area contributed by atoms with Crippen LogP contribution in [0.15, 0.2) is 18.2 Å². The smallest absolute Gasteiger partial charge is 0.221 e. The lowest BCUT2D eigenvalue weighted by atomic mass is 10.1. The lowest BCUT2D eigenvalue weighted by Gasteiger charge is -2.09. The van der Waals surface area contributed by atoms with E-state index in [0.29, 0.717) is 29.9 Å². The summed E-state index contributed by atoms with van der Waals surface area (Å²) < 4.78 is 0. The van der Waals surface area contributed by atoms with Crippen LogP contribution in [0.2, 0.25) is 0 Å². The van der Waals surface area contributed by atoms with E-state index >= 15 is 0 Å². The number of benzene rings is 1. The van der Waals surface area contributed by atoms with Gasteiger partial charge in [-0.05, 0) is 12.1 Å². The van der Waals surface area contributed by atoms with Crippen LogP contribution >= 0.6 is 0 Å². The molecule has 84 valence electrons. The molecule has 0 aromatic heterocycles. The summed E-state index contributed by atoms with van der Waals surface area (Å²) in [7, 11) is 1.59. The molecule has 0 aliphatic carbocycles. The van der Waals surface area contributed by atoms with Crippen molar-refractivity contribution in [2.45, 2.75) is 6.42 Å². The highest BCUT2D eigenvalue weighted by Gasteiger charge is 2.04. The topological polar surface area (TPSA) is 90.9 Å². The first kappa shape index (κ1) is 11.9. The average molecular weight is 218 g/mol. The number of carbonyl (C=O) groups excluding carboxylic acids is 1. The minimum absolute atomic E-state index is 0.0393. The minimum Gasteiger partial charge on any atom is -0.396 e. The van der Waals surface area contributed by atoms with Crippen molar-refractivity contribution >= 4 is 17.3 Å². The van der Waals surface area contributed by atoms with E-state index < -0.39 is 0 Å². The summed E-state index contributed by atoms with van der Waals surface area (Å²) in [4.78, 5) is 11.0. The molecule has 0 aliphatic rings. The highest BCUT2D eigenvalue weighted by Crippen LogP contribution is 2.21. The van der Waals surface area contributed by atoms with Crippen LogP contribution < -0.4 is 16.4 Å². The molecule has 0 bridgehead atoms. The van der Waals surface area contributed by atoms with E-state index in [4.69, 9.17) is 11.0 Å². The molecule has 5 nitrogen and oxygen atoms in total. The Morgan fingerprint density at radius 2 is 2.31 bits per heavy atom. The molecule has 1 rings (SSSR count). The van der Waals surface area contributed by atoms with Crippen molar-refractivity contribution in [3.8, 4) is 6.07 Å². The summed E-state index contributed by atoms with van der Waals surface area (Å²) in [5, 5.41) is 14.3. The molecule has 0 atom stereocenters. The maximum atomic E-state index is 11.0. The number of carbonyl (C=O) groups is 1. The zero-order valence-corrected chi connectivity index (χ0v) is 9.08. The zero-order valence-electron chi connectivity index (χ0n) is 9.08. The van der Waals surface area contributed by atoms with Crippen molar-refractivity contribution in [1.29, 1.82) is 5.26 Å². The molecule has 1 aromatic rings. The van der Waals surface area contributed by atoms with Crippen LogP contribution in [0, 0.1) is 11.3 Å². The Balaban J connectivity index is 2.61. The quantitative estimate of drug-likeness (QED) is 0.648. The predicted octanol–water partition coefficient (Wildman–Crippen LogP) is 0.688. The average Bonchev–Trinajstić information content (AvgIpc) is 2.31. The first-order valence-corrected chi connectivity index (χ1v) is 4.92. The Bertz CT molecular complexity index is 422. The third kappa shape index (κ3) is 2.89. The van der Waals surface area contributed by atoms with E-state index in [2.05, 4.69) is 10.6 Å². The molecule has 1 aromatic carbocycles. The van der Waals surface area contributed by atoms with Gasteiger partial charge >= 0.3 is 0 Å². The number of anilines is 2. The highest BCUT2D eigenvalue weighted by molar-refractivity contribution is 5.77. The summed E-state index contributed by atoms with van der Waals surface area (Å²) in [6.45, 7) is 0.485. The van der Waals surface area contributed by atoms with Crippen LogP contribution in [0.1, 0.15) is 12.0 Å². The van der Waals surface area contributed by atoms with Gasteiger partial charge in [0.1, 0.15) is 6.07 Å². The fourth-order valence-corrected chi connectivity index (χ4v) is 1.25. The number of nitrogen functional groups attached to an aromatic ring is 1. The fraction of sp³-hybridized carbons (Fsp3) is 0.273. The Morgan fingerprint density at radius 1 is 1.56 bits per heavy atom. The lowest BCUT2D eigenvalue weighted by Crippen LogP contribution is -2.21. The summed E-state index contributed by atoms with van der Waals surface area (Å²) in [6, 6.07) is 7.18. The largest absolute Gasteiger partial charge is 0.396 e. The van der Waals surface area contributed by atoms with Crippen molar-refractivity contribution in [2.75, 3.05) is 24.6 Å². The third-order valence-corrected chi connectivity index (χ3v) is 2.17. The molecule has 0 saturated heterocycles. The Labute approximate surface area is 94.2 Å². The third-order valence-electron chi connectivity index (χ3n) is 2.17. The number of nitrogens with zero attached hydrogens (tertiary/aromatic N) is 1. The molecule has 5 heteroatoms. The van der Waals surface area contributed by atoms with Crippen molar-refractivity contribution in [1.82, 2.24) is 5.32 Å². The number of hydrogen-bond donors (Lipinski definition) is 3. The fourth-order valence-electron chi connectivity index (χ4n) is 1.25. The molecule has 0 fully saturated rings. The molecular formula is C11H14N4O. The standard InChI is InChI=1S/C11H14N4O/c1-14-10(16)5-6-15-9-4-2-3-8(7-12)11(9)13/h2-4,15H,5-6,13H2,1H3,(H,14,16). The maximum absolute atomic E-state index is 11.0. The monoisotopic (exact) mass is 218 g/mol. The van der Waals surface area contributed by atoms with Gasteiger partial charge in [-0.2, -0.15) is 5.26 Å². The highest BCUT2D eigenvalue weighted by atomic mass is 16.1. The summed E-state index contributed by atoms with van der Waals surface area (Å²) >= 11 is 0. The number of nitrogens with one attached hydrogen (secondary N) is 2. The zero-order chi connectivity index (χ0) is 12.0. The second-order valence-electron chi connectivity index (χ2n) is 3.23. The second-order valence-corrected chi connectivity index (χ2v) is 3.23. The van der Waals surface area contributed by atoms with Gasteiger partial charge in [-0.3, -0.25) is 4.79 Å². The number of hydrogen-bond acceptors (Lipinski definition) is 4.